The fraction of sp³-hybridized carbons (Fsp3) is 0.333. The standard InChI is InChI=1S/C24H27NO5/c1-15(2)12-19(26)21-22(18-11-10-17(29-3)13-20(18)30-4)25(24(28)23(21)27)14-16-8-6-5-7-9-16/h5-11,13,15,22,27H,12,14H2,1-4H3. The number of Topliss-reactive ketones (excluding diaryl/α,β-unsaturated/α-hetero) is 1. The molecule has 1 heterocycles. The number of carbonyl (C=O) groups excluding carboxylic acids is 2. The highest BCUT2D eigenvalue weighted by Crippen LogP contribution is 2.43. The van der Waals surface area contributed by atoms with E-state index in [1.54, 1.807) is 25.3 Å². The summed E-state index contributed by atoms with van der Waals surface area (Å²) in [7, 11) is 3.08. The fourth-order valence-electron chi connectivity index (χ4n) is 3.73. The Morgan fingerprint density at radius 2 is 1.80 bits per heavy atom. The number of benzene rings is 2. The fourth-order valence-corrected chi connectivity index (χ4v) is 3.73. The van der Waals surface area contributed by atoms with E-state index in [4.69, 9.17) is 9.47 Å². The lowest BCUT2D eigenvalue weighted by atomic mass is 9.91. The SMILES string of the molecule is COc1ccc(C2C(C(=O)CC(C)C)=C(O)C(=O)N2Cc2ccccc2)c(OC)c1. The highest BCUT2D eigenvalue weighted by molar-refractivity contribution is 6.09. The van der Waals surface area contributed by atoms with Crippen LogP contribution in [-0.4, -0.2) is 35.9 Å². The maximum absolute atomic E-state index is 13.1. The van der Waals surface area contributed by atoms with Crippen molar-refractivity contribution in [1.82, 2.24) is 4.90 Å². The summed E-state index contributed by atoms with van der Waals surface area (Å²) in [5.74, 6) is -0.121. The van der Waals surface area contributed by atoms with Crippen molar-refractivity contribution < 1.29 is 24.2 Å². The van der Waals surface area contributed by atoms with Crippen molar-refractivity contribution in [2.45, 2.75) is 32.9 Å². The number of aliphatic hydroxyl groups excluding tert-OH is 1. The van der Waals surface area contributed by atoms with Crippen molar-refractivity contribution in [2.24, 2.45) is 5.92 Å². The lowest BCUT2D eigenvalue weighted by Crippen LogP contribution is -2.31. The van der Waals surface area contributed by atoms with Crippen molar-refractivity contribution in [3.8, 4) is 11.5 Å². The molecule has 6 heteroatoms. The zero-order valence-corrected chi connectivity index (χ0v) is 17.7. The molecule has 2 aromatic carbocycles. The number of aliphatic hydroxyl groups is 1. The van der Waals surface area contributed by atoms with Crippen LogP contribution >= 0.6 is 0 Å². The zero-order chi connectivity index (χ0) is 21.8. The Kier molecular flexibility index (Phi) is 6.45. The molecule has 1 N–H and O–H groups in total. The van der Waals surface area contributed by atoms with Crippen molar-refractivity contribution in [3.63, 3.8) is 0 Å². The molecule has 1 amide bonds. The lowest BCUT2D eigenvalue weighted by Gasteiger charge is -2.28. The molecular weight excluding hydrogens is 382 g/mol. The molecule has 2 aromatic rings. The summed E-state index contributed by atoms with van der Waals surface area (Å²) < 4.78 is 10.8. The van der Waals surface area contributed by atoms with Gasteiger partial charge in [0.05, 0.1) is 25.8 Å². The molecule has 0 saturated heterocycles. The van der Waals surface area contributed by atoms with Gasteiger partial charge in [0, 0.05) is 24.6 Å². The predicted molar refractivity (Wildman–Crippen MR) is 113 cm³/mol. The molecule has 0 radical (unpaired) electrons. The Labute approximate surface area is 176 Å². The Balaban J connectivity index is 2.12. The van der Waals surface area contributed by atoms with E-state index in [0.717, 1.165) is 5.56 Å². The molecule has 1 aliphatic heterocycles. The number of nitrogens with zero attached hydrogens (tertiary/aromatic N) is 1. The number of rotatable bonds is 8. The number of methoxy groups -OCH3 is 2. The molecule has 6 nitrogen and oxygen atoms in total. The molecule has 0 spiro atoms. The molecule has 0 fully saturated rings. The second-order valence-corrected chi connectivity index (χ2v) is 7.71. The maximum atomic E-state index is 13.1. The number of carbonyl (C=O) groups is 2. The minimum absolute atomic E-state index is 0.0921. The highest BCUT2D eigenvalue weighted by atomic mass is 16.5. The minimum atomic E-state index is -0.746. The Hall–Kier alpha value is -3.28. The molecule has 30 heavy (non-hydrogen) atoms. The molecule has 3 rings (SSSR count). The summed E-state index contributed by atoms with van der Waals surface area (Å²) in [6.07, 6.45) is 0.237. The molecule has 1 aliphatic rings. The van der Waals surface area contributed by atoms with Gasteiger partial charge in [-0.2, -0.15) is 0 Å². The van der Waals surface area contributed by atoms with E-state index < -0.39 is 17.7 Å². The quantitative estimate of drug-likeness (QED) is 0.707. The van der Waals surface area contributed by atoms with Crippen molar-refractivity contribution >= 4 is 11.7 Å². The van der Waals surface area contributed by atoms with Gasteiger partial charge in [-0.3, -0.25) is 9.59 Å². The predicted octanol–water partition coefficient (Wildman–Crippen LogP) is 4.21. The molecule has 158 valence electrons. The second kappa shape index (κ2) is 9.03. The first kappa shape index (κ1) is 21.4. The summed E-state index contributed by atoms with van der Waals surface area (Å²) in [6, 6.07) is 14.0. The highest BCUT2D eigenvalue weighted by Gasteiger charge is 2.44. The smallest absolute Gasteiger partial charge is 0.290 e. The van der Waals surface area contributed by atoms with E-state index in [1.807, 2.05) is 44.2 Å². The van der Waals surface area contributed by atoms with Gasteiger partial charge in [-0.25, -0.2) is 0 Å². The Bertz CT molecular complexity index is 965. The van der Waals surface area contributed by atoms with Crippen LogP contribution in [0.3, 0.4) is 0 Å². The zero-order valence-electron chi connectivity index (χ0n) is 17.7. The first-order valence-corrected chi connectivity index (χ1v) is 9.90. The van der Waals surface area contributed by atoms with Crippen molar-refractivity contribution in [1.29, 1.82) is 0 Å². The molecule has 1 atom stereocenters. The number of hydrogen-bond donors (Lipinski definition) is 1. The number of ether oxygens (including phenoxy) is 2. The lowest BCUT2D eigenvalue weighted by molar-refractivity contribution is -0.130. The van der Waals surface area contributed by atoms with Gasteiger partial charge in [0.15, 0.2) is 11.5 Å². The van der Waals surface area contributed by atoms with E-state index in [9.17, 15) is 14.7 Å². The summed E-state index contributed by atoms with van der Waals surface area (Å²) in [5, 5.41) is 10.7. The second-order valence-electron chi connectivity index (χ2n) is 7.71. The van der Waals surface area contributed by atoms with Crippen LogP contribution in [0.25, 0.3) is 0 Å². The molecule has 1 unspecified atom stereocenters. The van der Waals surface area contributed by atoms with E-state index in [2.05, 4.69) is 0 Å². The van der Waals surface area contributed by atoms with Crippen LogP contribution in [0.4, 0.5) is 0 Å². The monoisotopic (exact) mass is 409 g/mol. The van der Waals surface area contributed by atoms with Crippen LogP contribution in [0.1, 0.15) is 37.4 Å². The number of amides is 1. The summed E-state index contributed by atoms with van der Waals surface area (Å²) >= 11 is 0. The normalized spacial score (nSPS) is 16.4. The Morgan fingerprint density at radius 1 is 1.10 bits per heavy atom. The van der Waals surface area contributed by atoms with Gasteiger partial charge in [0.25, 0.3) is 5.91 Å². The third-order valence-corrected chi connectivity index (χ3v) is 5.13. The average molecular weight is 409 g/mol. The van der Waals surface area contributed by atoms with Gasteiger partial charge in [0.2, 0.25) is 0 Å². The minimum Gasteiger partial charge on any atom is -0.503 e. The van der Waals surface area contributed by atoms with Crippen LogP contribution in [0.15, 0.2) is 59.9 Å². The van der Waals surface area contributed by atoms with Gasteiger partial charge >= 0.3 is 0 Å². The van der Waals surface area contributed by atoms with Crippen LogP contribution < -0.4 is 9.47 Å². The first-order chi connectivity index (χ1) is 14.4. The number of hydrogen-bond acceptors (Lipinski definition) is 5. The van der Waals surface area contributed by atoms with Crippen LogP contribution in [0, 0.1) is 5.92 Å². The van der Waals surface area contributed by atoms with Crippen molar-refractivity contribution in [2.75, 3.05) is 14.2 Å². The summed E-state index contributed by atoms with van der Waals surface area (Å²) in [5.41, 5.74) is 1.64. The molecule has 0 aliphatic carbocycles. The summed E-state index contributed by atoms with van der Waals surface area (Å²) in [6.45, 7) is 4.11. The topological polar surface area (TPSA) is 76.1 Å². The largest absolute Gasteiger partial charge is 0.503 e. The van der Waals surface area contributed by atoms with E-state index in [0.29, 0.717) is 17.1 Å². The summed E-state index contributed by atoms with van der Waals surface area (Å²) in [4.78, 5) is 27.6. The van der Waals surface area contributed by atoms with Gasteiger partial charge in [-0.05, 0) is 23.6 Å². The third kappa shape index (κ3) is 4.17. The molecule has 0 bridgehead atoms. The van der Waals surface area contributed by atoms with E-state index in [1.165, 1.54) is 12.0 Å². The van der Waals surface area contributed by atoms with Crippen LogP contribution in [0.5, 0.6) is 11.5 Å². The van der Waals surface area contributed by atoms with Gasteiger partial charge in [-0.15, -0.1) is 0 Å². The van der Waals surface area contributed by atoms with Gasteiger partial charge in [0.1, 0.15) is 11.5 Å². The average Bonchev–Trinajstić information content (AvgIpc) is 2.98. The molecular formula is C24H27NO5. The van der Waals surface area contributed by atoms with E-state index in [-0.39, 0.29) is 30.2 Å². The van der Waals surface area contributed by atoms with Gasteiger partial charge in [-0.1, -0.05) is 44.2 Å². The van der Waals surface area contributed by atoms with E-state index >= 15 is 0 Å². The van der Waals surface area contributed by atoms with Crippen LogP contribution in [-0.2, 0) is 16.1 Å². The third-order valence-electron chi connectivity index (χ3n) is 5.13. The van der Waals surface area contributed by atoms with Gasteiger partial charge < -0.3 is 19.5 Å². The number of ketones is 1. The maximum Gasteiger partial charge on any atom is 0.290 e. The van der Waals surface area contributed by atoms with Crippen LogP contribution in [0.2, 0.25) is 0 Å². The molecule has 0 aromatic heterocycles. The first-order valence-electron chi connectivity index (χ1n) is 9.90. The Morgan fingerprint density at radius 3 is 2.40 bits per heavy atom. The van der Waals surface area contributed by atoms with Crippen molar-refractivity contribution in [3.05, 3.63) is 71.0 Å². The molecule has 0 saturated carbocycles.